The molecule has 2 fully saturated rings. The summed E-state index contributed by atoms with van der Waals surface area (Å²) in [6, 6.07) is 6.92. The van der Waals surface area contributed by atoms with Crippen LogP contribution < -0.4 is 10.3 Å². The van der Waals surface area contributed by atoms with Crippen LogP contribution in [0.4, 0.5) is 14.6 Å². The molecule has 2 aliphatic carbocycles. The van der Waals surface area contributed by atoms with E-state index in [-0.39, 0.29) is 30.7 Å². The molecule has 0 amide bonds. The second kappa shape index (κ2) is 8.55. The number of thioether (sulfide) groups is 1. The molecule has 5 rings (SSSR count). The molecule has 0 bridgehead atoms. The quantitative estimate of drug-likeness (QED) is 0.240. The fourth-order valence-corrected chi connectivity index (χ4v) is 5.85. The van der Waals surface area contributed by atoms with Gasteiger partial charge in [0.2, 0.25) is 5.92 Å². The van der Waals surface area contributed by atoms with Gasteiger partial charge in [0.15, 0.2) is 5.43 Å². The van der Waals surface area contributed by atoms with E-state index in [2.05, 4.69) is 4.90 Å². The van der Waals surface area contributed by atoms with Gasteiger partial charge in [0.1, 0.15) is 17.8 Å². The second-order valence-electron chi connectivity index (χ2n) is 9.10. The molecule has 0 radical (unpaired) electrons. The Balaban J connectivity index is 1.66. The van der Waals surface area contributed by atoms with Crippen molar-refractivity contribution in [2.75, 3.05) is 24.2 Å². The number of aldehydes is 1. The normalized spacial score (nSPS) is 17.9. The van der Waals surface area contributed by atoms with Crippen molar-refractivity contribution in [3.05, 3.63) is 39.5 Å². The standard InChI is InChI=1S/C24H24ClF2N3O2S/c1-33-22-18(25)6-4-16-20(22)30(8-9-31)23-17(21(16)32)5-7-19(28-23)29(12-14-2-3-14)13-15-10-24(26,27)11-15/h4-7,9,14-15H,2-3,8,10-13H2,1H3. The minimum absolute atomic E-state index is 0.0229. The van der Waals surface area contributed by atoms with Crippen molar-refractivity contribution >= 4 is 57.4 Å². The molecule has 0 N–H and O–H groups in total. The highest BCUT2D eigenvalue weighted by Gasteiger charge is 2.46. The van der Waals surface area contributed by atoms with Crippen LogP contribution >= 0.6 is 23.4 Å². The summed E-state index contributed by atoms with van der Waals surface area (Å²) >= 11 is 7.82. The van der Waals surface area contributed by atoms with Crippen molar-refractivity contribution in [2.45, 2.75) is 43.0 Å². The van der Waals surface area contributed by atoms with Gasteiger partial charge < -0.3 is 14.3 Å². The van der Waals surface area contributed by atoms with Crippen molar-refractivity contribution in [3.8, 4) is 0 Å². The van der Waals surface area contributed by atoms with Crippen LogP contribution in [0.5, 0.6) is 0 Å². The second-order valence-corrected chi connectivity index (χ2v) is 10.3. The van der Waals surface area contributed by atoms with Gasteiger partial charge in [0.25, 0.3) is 0 Å². The molecule has 0 aliphatic heterocycles. The zero-order valence-electron chi connectivity index (χ0n) is 18.2. The van der Waals surface area contributed by atoms with E-state index in [0.717, 1.165) is 25.7 Å². The number of alkyl halides is 2. The molecular formula is C24H24ClF2N3O2S. The average molecular weight is 492 g/mol. The molecule has 0 unspecified atom stereocenters. The lowest BCUT2D eigenvalue weighted by molar-refractivity contribution is -0.108. The third-order valence-electron chi connectivity index (χ3n) is 6.57. The summed E-state index contributed by atoms with van der Waals surface area (Å²) in [6.45, 7) is 1.29. The maximum Gasteiger partial charge on any atom is 0.248 e. The van der Waals surface area contributed by atoms with E-state index in [4.69, 9.17) is 16.6 Å². The van der Waals surface area contributed by atoms with Gasteiger partial charge >= 0.3 is 0 Å². The van der Waals surface area contributed by atoms with E-state index in [1.807, 2.05) is 6.26 Å². The molecular weight excluding hydrogens is 468 g/mol. The van der Waals surface area contributed by atoms with Gasteiger partial charge in [-0.25, -0.2) is 13.8 Å². The highest BCUT2D eigenvalue weighted by atomic mass is 35.5. The largest absolute Gasteiger partial charge is 0.356 e. The summed E-state index contributed by atoms with van der Waals surface area (Å²) in [5, 5.41) is 1.41. The highest BCUT2D eigenvalue weighted by Crippen LogP contribution is 2.43. The van der Waals surface area contributed by atoms with E-state index in [0.29, 0.717) is 50.1 Å². The molecule has 33 heavy (non-hydrogen) atoms. The summed E-state index contributed by atoms with van der Waals surface area (Å²) < 4.78 is 28.6. The fourth-order valence-electron chi connectivity index (χ4n) is 4.79. The molecule has 0 spiro atoms. The van der Waals surface area contributed by atoms with Crippen LogP contribution in [0.2, 0.25) is 5.02 Å². The highest BCUT2D eigenvalue weighted by molar-refractivity contribution is 7.99. The summed E-state index contributed by atoms with van der Waals surface area (Å²) in [6.07, 6.45) is 4.70. The van der Waals surface area contributed by atoms with Crippen LogP contribution in [0.25, 0.3) is 21.9 Å². The Hall–Kier alpha value is -2.19. The minimum Gasteiger partial charge on any atom is -0.356 e. The summed E-state index contributed by atoms with van der Waals surface area (Å²) in [4.78, 5) is 32.5. The van der Waals surface area contributed by atoms with Gasteiger partial charge in [0.05, 0.1) is 27.4 Å². The number of aromatic nitrogens is 2. The van der Waals surface area contributed by atoms with Crippen LogP contribution in [0.3, 0.4) is 0 Å². The maximum atomic E-state index is 13.4. The molecule has 2 aromatic heterocycles. The summed E-state index contributed by atoms with van der Waals surface area (Å²) in [7, 11) is 0. The number of fused-ring (bicyclic) bond motifs is 2. The van der Waals surface area contributed by atoms with Crippen LogP contribution in [0.1, 0.15) is 25.7 Å². The first kappa shape index (κ1) is 22.6. The zero-order chi connectivity index (χ0) is 23.3. The zero-order valence-corrected chi connectivity index (χ0v) is 19.8. The SMILES string of the molecule is CSc1c(Cl)ccc2c(=O)c3ccc(N(CC4CC4)CC4CC(F)(F)C4)nc3n(CC=O)c12. The van der Waals surface area contributed by atoms with E-state index >= 15 is 0 Å². The van der Waals surface area contributed by atoms with Crippen molar-refractivity contribution in [2.24, 2.45) is 11.8 Å². The van der Waals surface area contributed by atoms with Crippen LogP contribution in [0.15, 0.2) is 34.0 Å². The molecule has 2 aliphatic rings. The average Bonchev–Trinajstić information content (AvgIpc) is 3.58. The van der Waals surface area contributed by atoms with Crippen molar-refractivity contribution in [1.82, 2.24) is 9.55 Å². The van der Waals surface area contributed by atoms with Crippen LogP contribution in [-0.2, 0) is 11.3 Å². The lowest BCUT2D eigenvalue weighted by Gasteiger charge is -2.38. The number of hydrogen-bond donors (Lipinski definition) is 0. The minimum atomic E-state index is -2.57. The number of rotatable bonds is 8. The Bertz CT molecular complexity index is 1300. The fraction of sp³-hybridized carbons (Fsp3) is 0.458. The predicted octanol–water partition coefficient (Wildman–Crippen LogP) is 5.39. The monoisotopic (exact) mass is 491 g/mol. The number of hydrogen-bond acceptors (Lipinski definition) is 5. The number of carbonyl (C=O) groups is 1. The first-order chi connectivity index (χ1) is 15.8. The molecule has 9 heteroatoms. The Morgan fingerprint density at radius 2 is 1.88 bits per heavy atom. The molecule has 2 saturated carbocycles. The first-order valence-electron chi connectivity index (χ1n) is 11.1. The molecule has 0 atom stereocenters. The number of anilines is 1. The molecule has 1 aromatic carbocycles. The lowest BCUT2D eigenvalue weighted by Crippen LogP contribution is -2.43. The summed E-state index contributed by atoms with van der Waals surface area (Å²) in [5.41, 5.74) is 0.839. The van der Waals surface area contributed by atoms with Gasteiger partial charge in [0, 0.05) is 31.3 Å². The number of benzene rings is 1. The number of nitrogens with zero attached hydrogens (tertiary/aromatic N) is 3. The number of halogens is 3. The molecule has 5 nitrogen and oxygen atoms in total. The molecule has 2 heterocycles. The summed E-state index contributed by atoms with van der Waals surface area (Å²) in [5.74, 6) is -1.45. The topological polar surface area (TPSA) is 55.2 Å². The van der Waals surface area contributed by atoms with Crippen molar-refractivity contribution in [3.63, 3.8) is 0 Å². The van der Waals surface area contributed by atoms with Gasteiger partial charge in [-0.3, -0.25) is 4.79 Å². The van der Waals surface area contributed by atoms with Gasteiger partial charge in [-0.05, 0) is 55.2 Å². The third kappa shape index (κ3) is 4.23. The Labute approximate surface area is 199 Å². The first-order valence-corrected chi connectivity index (χ1v) is 12.7. The van der Waals surface area contributed by atoms with E-state index in [9.17, 15) is 18.4 Å². The van der Waals surface area contributed by atoms with Crippen LogP contribution in [0, 0.1) is 11.8 Å². The van der Waals surface area contributed by atoms with E-state index in [1.165, 1.54) is 11.8 Å². The van der Waals surface area contributed by atoms with E-state index in [1.54, 1.807) is 28.8 Å². The smallest absolute Gasteiger partial charge is 0.248 e. The Kier molecular flexibility index (Phi) is 5.85. The van der Waals surface area contributed by atoms with Crippen molar-refractivity contribution < 1.29 is 13.6 Å². The Morgan fingerprint density at radius 1 is 1.18 bits per heavy atom. The predicted molar refractivity (Wildman–Crippen MR) is 129 cm³/mol. The van der Waals surface area contributed by atoms with Gasteiger partial charge in [-0.1, -0.05) is 11.6 Å². The van der Waals surface area contributed by atoms with Gasteiger partial charge in [-0.2, -0.15) is 0 Å². The third-order valence-corrected chi connectivity index (χ3v) is 7.82. The maximum absolute atomic E-state index is 13.4. The molecule has 174 valence electrons. The van der Waals surface area contributed by atoms with Crippen LogP contribution in [-0.4, -0.2) is 41.1 Å². The van der Waals surface area contributed by atoms with E-state index < -0.39 is 5.92 Å². The van der Waals surface area contributed by atoms with Gasteiger partial charge in [-0.15, -0.1) is 11.8 Å². The molecule has 3 aromatic rings. The van der Waals surface area contributed by atoms with Crippen molar-refractivity contribution in [1.29, 1.82) is 0 Å². The number of pyridine rings is 2. The molecule has 0 saturated heterocycles. The number of carbonyl (C=O) groups excluding carboxylic acids is 1. The Morgan fingerprint density at radius 3 is 2.52 bits per heavy atom. The lowest BCUT2D eigenvalue weighted by atomic mass is 9.81.